The van der Waals surface area contributed by atoms with Crippen molar-refractivity contribution in [3.63, 3.8) is 0 Å². The van der Waals surface area contributed by atoms with Gasteiger partial charge in [0, 0.05) is 6.61 Å². The molecular formula is C18H38O. The van der Waals surface area contributed by atoms with Crippen LogP contribution in [0.25, 0.3) is 0 Å². The van der Waals surface area contributed by atoms with E-state index in [1.54, 1.807) is 0 Å². The number of rotatable bonds is 13. The second-order valence-electron chi connectivity index (χ2n) is 5.92. The maximum absolute atomic E-state index is 6.11. The summed E-state index contributed by atoms with van der Waals surface area (Å²) in [7, 11) is 0. The highest BCUT2D eigenvalue weighted by Gasteiger charge is 2.33. The van der Waals surface area contributed by atoms with Gasteiger partial charge < -0.3 is 4.74 Å². The molecule has 0 fully saturated rings. The van der Waals surface area contributed by atoms with Crippen LogP contribution in [-0.4, -0.2) is 12.7 Å². The van der Waals surface area contributed by atoms with Crippen LogP contribution in [0, 0.1) is 5.41 Å². The molecule has 0 heterocycles. The van der Waals surface area contributed by atoms with Crippen molar-refractivity contribution in [3.8, 4) is 0 Å². The Morgan fingerprint density at radius 1 is 0.737 bits per heavy atom. The molecule has 0 aliphatic rings. The molecule has 0 bridgehead atoms. The van der Waals surface area contributed by atoms with Gasteiger partial charge in [0.15, 0.2) is 0 Å². The van der Waals surface area contributed by atoms with E-state index in [-0.39, 0.29) is 0 Å². The lowest BCUT2D eigenvalue weighted by atomic mass is 9.73. The summed E-state index contributed by atoms with van der Waals surface area (Å²) in [6.45, 7) is 12.3. The Morgan fingerprint density at radius 2 is 1.26 bits per heavy atom. The first-order valence-corrected chi connectivity index (χ1v) is 8.82. The lowest BCUT2D eigenvalue weighted by Crippen LogP contribution is -2.36. The van der Waals surface area contributed by atoms with Gasteiger partial charge in [0.25, 0.3) is 0 Å². The van der Waals surface area contributed by atoms with E-state index in [4.69, 9.17) is 4.74 Å². The topological polar surface area (TPSA) is 9.23 Å². The number of hydrogen-bond acceptors (Lipinski definition) is 1. The van der Waals surface area contributed by atoms with E-state index >= 15 is 0 Å². The summed E-state index contributed by atoms with van der Waals surface area (Å²) in [6, 6.07) is 0. The molecule has 0 spiro atoms. The molecule has 1 atom stereocenters. The van der Waals surface area contributed by atoms with Gasteiger partial charge in [-0.1, -0.05) is 66.2 Å². The fraction of sp³-hybridized carbons (Fsp3) is 1.00. The number of hydrogen-bond donors (Lipinski definition) is 0. The largest absolute Gasteiger partial charge is 0.378 e. The molecule has 0 aromatic rings. The van der Waals surface area contributed by atoms with E-state index in [9.17, 15) is 0 Å². The van der Waals surface area contributed by atoms with Gasteiger partial charge in [0.05, 0.1) is 6.10 Å². The molecule has 19 heavy (non-hydrogen) atoms. The quantitative estimate of drug-likeness (QED) is 0.354. The number of unbranched alkanes of at least 4 members (excludes halogenated alkanes) is 5. The first kappa shape index (κ1) is 19.0. The van der Waals surface area contributed by atoms with Crippen molar-refractivity contribution < 1.29 is 4.74 Å². The molecule has 0 saturated heterocycles. The fourth-order valence-electron chi connectivity index (χ4n) is 3.31. The van der Waals surface area contributed by atoms with E-state index in [0.717, 1.165) is 6.61 Å². The van der Waals surface area contributed by atoms with Crippen molar-refractivity contribution in [2.75, 3.05) is 6.61 Å². The summed E-state index contributed by atoms with van der Waals surface area (Å²) in [4.78, 5) is 0. The Balaban J connectivity index is 4.16. The minimum Gasteiger partial charge on any atom is -0.378 e. The van der Waals surface area contributed by atoms with Crippen molar-refractivity contribution in [1.82, 2.24) is 0 Å². The minimum atomic E-state index is 0.416. The Bertz CT molecular complexity index is 176. The number of ether oxygens (including phenoxy) is 1. The predicted molar refractivity (Wildman–Crippen MR) is 86.7 cm³/mol. The zero-order valence-electron chi connectivity index (χ0n) is 14.3. The normalized spacial score (nSPS) is 13.7. The smallest absolute Gasteiger partial charge is 0.0630 e. The highest BCUT2D eigenvalue weighted by molar-refractivity contribution is 4.84. The van der Waals surface area contributed by atoms with Gasteiger partial charge in [-0.05, 0) is 38.0 Å². The van der Waals surface area contributed by atoms with Crippen molar-refractivity contribution >= 4 is 0 Å². The molecule has 1 nitrogen and oxygen atoms in total. The van der Waals surface area contributed by atoms with E-state index in [0.29, 0.717) is 11.5 Å². The van der Waals surface area contributed by atoms with Gasteiger partial charge in [-0.15, -0.1) is 0 Å². The van der Waals surface area contributed by atoms with Crippen LogP contribution >= 0.6 is 0 Å². The third-order valence-corrected chi connectivity index (χ3v) is 4.98. The molecule has 116 valence electrons. The third-order valence-electron chi connectivity index (χ3n) is 4.98. The minimum absolute atomic E-state index is 0.416. The molecular weight excluding hydrogens is 232 g/mol. The molecule has 0 amide bonds. The van der Waals surface area contributed by atoms with E-state index < -0.39 is 0 Å². The highest BCUT2D eigenvalue weighted by Crippen LogP contribution is 2.38. The molecule has 0 radical (unpaired) electrons. The molecule has 0 N–H and O–H groups in total. The van der Waals surface area contributed by atoms with Gasteiger partial charge in [-0.25, -0.2) is 0 Å². The standard InChI is InChI=1S/C18H38O/c1-6-11-12-13-14-15-16-17(19-10-5)18(7-2,8-3)9-4/h17H,6-16H2,1-5H3. The molecule has 0 aromatic heterocycles. The Morgan fingerprint density at radius 3 is 1.74 bits per heavy atom. The molecule has 1 heteroatoms. The van der Waals surface area contributed by atoms with Crippen molar-refractivity contribution in [3.05, 3.63) is 0 Å². The molecule has 0 rings (SSSR count). The van der Waals surface area contributed by atoms with Crippen LogP contribution in [0.4, 0.5) is 0 Å². The van der Waals surface area contributed by atoms with Crippen LogP contribution in [0.2, 0.25) is 0 Å². The molecule has 1 unspecified atom stereocenters. The molecule has 0 aliphatic carbocycles. The van der Waals surface area contributed by atoms with E-state index in [1.165, 1.54) is 64.2 Å². The lowest BCUT2D eigenvalue weighted by molar-refractivity contribution is -0.0496. The van der Waals surface area contributed by atoms with Crippen LogP contribution < -0.4 is 0 Å². The average molecular weight is 271 g/mol. The van der Waals surface area contributed by atoms with Crippen LogP contribution in [0.15, 0.2) is 0 Å². The van der Waals surface area contributed by atoms with Crippen molar-refractivity contribution in [2.24, 2.45) is 5.41 Å². The van der Waals surface area contributed by atoms with Crippen LogP contribution in [0.3, 0.4) is 0 Å². The Labute approximate surface area is 122 Å². The average Bonchev–Trinajstić information content (AvgIpc) is 2.45. The fourth-order valence-corrected chi connectivity index (χ4v) is 3.31. The first-order valence-electron chi connectivity index (χ1n) is 8.82. The SMILES string of the molecule is CCCCCCCCC(OCC)C(CC)(CC)CC. The van der Waals surface area contributed by atoms with Gasteiger partial charge in [-0.2, -0.15) is 0 Å². The highest BCUT2D eigenvalue weighted by atomic mass is 16.5. The second kappa shape index (κ2) is 11.8. The van der Waals surface area contributed by atoms with E-state index in [2.05, 4.69) is 34.6 Å². The maximum Gasteiger partial charge on any atom is 0.0630 e. The van der Waals surface area contributed by atoms with Gasteiger partial charge in [0.1, 0.15) is 0 Å². The van der Waals surface area contributed by atoms with Crippen LogP contribution in [0.1, 0.15) is 98.8 Å². The van der Waals surface area contributed by atoms with Crippen LogP contribution in [-0.2, 0) is 4.74 Å². The third kappa shape index (κ3) is 6.79. The van der Waals surface area contributed by atoms with Crippen molar-refractivity contribution in [1.29, 1.82) is 0 Å². The maximum atomic E-state index is 6.11. The van der Waals surface area contributed by atoms with Crippen LogP contribution in [0.5, 0.6) is 0 Å². The van der Waals surface area contributed by atoms with Crippen molar-refractivity contribution in [2.45, 2.75) is 105 Å². The summed E-state index contributed by atoms with van der Waals surface area (Å²) < 4.78 is 6.11. The van der Waals surface area contributed by atoms with E-state index in [1.807, 2.05) is 0 Å². The first-order chi connectivity index (χ1) is 9.20. The van der Waals surface area contributed by atoms with Gasteiger partial charge >= 0.3 is 0 Å². The Hall–Kier alpha value is -0.0400. The summed E-state index contributed by atoms with van der Waals surface area (Å²) in [5.41, 5.74) is 0.416. The second-order valence-corrected chi connectivity index (χ2v) is 5.92. The van der Waals surface area contributed by atoms with Gasteiger partial charge in [0.2, 0.25) is 0 Å². The Kier molecular flexibility index (Phi) is 11.7. The zero-order chi connectivity index (χ0) is 14.6. The molecule has 0 aromatic carbocycles. The summed E-state index contributed by atoms with van der Waals surface area (Å²) >= 11 is 0. The predicted octanol–water partition coefficient (Wildman–Crippen LogP) is 6.36. The lowest BCUT2D eigenvalue weighted by Gasteiger charge is -2.39. The van der Waals surface area contributed by atoms with Gasteiger partial charge in [-0.3, -0.25) is 0 Å². The monoisotopic (exact) mass is 270 g/mol. The summed E-state index contributed by atoms with van der Waals surface area (Å²) in [5.74, 6) is 0. The summed E-state index contributed by atoms with van der Waals surface area (Å²) in [5, 5.41) is 0. The molecule has 0 aliphatic heterocycles. The zero-order valence-corrected chi connectivity index (χ0v) is 14.3. The summed E-state index contributed by atoms with van der Waals surface area (Å²) in [6.07, 6.45) is 13.8. The molecule has 0 saturated carbocycles.